The molecule has 0 aliphatic heterocycles. The van der Waals surface area contributed by atoms with E-state index in [1.807, 2.05) is 20.8 Å². The van der Waals surface area contributed by atoms with E-state index in [0.29, 0.717) is 31.0 Å². The van der Waals surface area contributed by atoms with E-state index in [2.05, 4.69) is 25.7 Å². The molecular formula is C17H27F2IN4O2. The number of nitrogens with zero attached hydrogens (tertiary/aromatic N) is 1. The Kier molecular flexibility index (Phi) is 12.7. The average molecular weight is 484 g/mol. The second kappa shape index (κ2) is 13.5. The fourth-order valence-corrected chi connectivity index (χ4v) is 2.04. The largest absolute Gasteiger partial charge is 0.434 e. The van der Waals surface area contributed by atoms with E-state index in [1.54, 1.807) is 18.2 Å². The van der Waals surface area contributed by atoms with Crippen molar-refractivity contribution in [1.29, 1.82) is 0 Å². The molecule has 0 heterocycles. The quantitative estimate of drug-likeness (QED) is 0.287. The highest BCUT2D eigenvalue weighted by atomic mass is 127. The van der Waals surface area contributed by atoms with Crippen LogP contribution < -0.4 is 20.7 Å². The van der Waals surface area contributed by atoms with Crippen LogP contribution in [0.1, 0.15) is 32.8 Å². The molecule has 9 heteroatoms. The highest BCUT2D eigenvalue weighted by Gasteiger charge is 2.09. The number of alkyl halides is 2. The van der Waals surface area contributed by atoms with Crippen LogP contribution in [0.5, 0.6) is 5.75 Å². The molecule has 0 bridgehead atoms. The molecule has 0 unspecified atom stereocenters. The standard InChI is InChI=1S/C17H26F2N4O2.HI/c1-4-20-17(21-10-9-15(24)23-12(2)3)22-11-13-7-5-6-8-14(13)25-16(18)19;/h5-8,12,16H,4,9-11H2,1-3H3,(H,23,24)(H2,20,21,22);1H. The zero-order chi connectivity index (χ0) is 18.7. The molecule has 0 aromatic heterocycles. The van der Waals surface area contributed by atoms with Gasteiger partial charge in [0.25, 0.3) is 0 Å². The summed E-state index contributed by atoms with van der Waals surface area (Å²) in [4.78, 5) is 16.0. The lowest BCUT2D eigenvalue weighted by Gasteiger charge is -2.13. The summed E-state index contributed by atoms with van der Waals surface area (Å²) < 4.78 is 29.4. The molecule has 0 aliphatic carbocycles. The van der Waals surface area contributed by atoms with Gasteiger partial charge in [0.05, 0.1) is 6.54 Å². The van der Waals surface area contributed by atoms with Crippen LogP contribution in [0, 0.1) is 0 Å². The molecule has 0 atom stereocenters. The van der Waals surface area contributed by atoms with Crippen molar-refractivity contribution in [3.8, 4) is 5.75 Å². The number of hydrogen-bond donors (Lipinski definition) is 3. The predicted octanol–water partition coefficient (Wildman–Crippen LogP) is 2.88. The van der Waals surface area contributed by atoms with E-state index in [0.717, 1.165) is 0 Å². The molecule has 0 radical (unpaired) electrons. The van der Waals surface area contributed by atoms with Crippen molar-refractivity contribution in [3.63, 3.8) is 0 Å². The number of rotatable bonds is 9. The number of carbonyl (C=O) groups excluding carboxylic acids is 1. The second-order valence-electron chi connectivity index (χ2n) is 5.58. The summed E-state index contributed by atoms with van der Waals surface area (Å²) in [6.45, 7) is 4.06. The third-order valence-electron chi connectivity index (χ3n) is 3.03. The van der Waals surface area contributed by atoms with Crippen LogP contribution >= 0.6 is 24.0 Å². The lowest BCUT2D eigenvalue weighted by atomic mass is 10.2. The molecule has 0 aliphatic rings. The van der Waals surface area contributed by atoms with Gasteiger partial charge in [-0.25, -0.2) is 4.99 Å². The summed E-state index contributed by atoms with van der Waals surface area (Å²) in [5.74, 6) is 0.564. The monoisotopic (exact) mass is 484 g/mol. The summed E-state index contributed by atoms with van der Waals surface area (Å²) in [6, 6.07) is 6.62. The SMILES string of the molecule is CCNC(=NCc1ccccc1OC(F)F)NCCC(=O)NC(C)C.I. The lowest BCUT2D eigenvalue weighted by Crippen LogP contribution is -2.40. The van der Waals surface area contributed by atoms with Crippen LogP contribution in [0.25, 0.3) is 0 Å². The molecular weight excluding hydrogens is 457 g/mol. The number of para-hydroxylation sites is 1. The van der Waals surface area contributed by atoms with Gasteiger partial charge in [0.2, 0.25) is 5.91 Å². The van der Waals surface area contributed by atoms with Crippen molar-refractivity contribution >= 4 is 35.8 Å². The van der Waals surface area contributed by atoms with Crippen molar-refractivity contribution in [2.45, 2.75) is 46.4 Å². The normalized spacial score (nSPS) is 11.1. The zero-order valence-electron chi connectivity index (χ0n) is 15.2. The van der Waals surface area contributed by atoms with Gasteiger partial charge < -0.3 is 20.7 Å². The minimum absolute atomic E-state index is 0. The maximum atomic E-state index is 12.4. The molecule has 1 aromatic carbocycles. The fourth-order valence-electron chi connectivity index (χ4n) is 2.04. The Morgan fingerprint density at radius 2 is 1.92 bits per heavy atom. The smallest absolute Gasteiger partial charge is 0.387 e. The summed E-state index contributed by atoms with van der Waals surface area (Å²) in [5, 5.41) is 8.90. The first-order valence-electron chi connectivity index (χ1n) is 8.26. The predicted molar refractivity (Wildman–Crippen MR) is 109 cm³/mol. The zero-order valence-corrected chi connectivity index (χ0v) is 17.6. The number of benzene rings is 1. The summed E-state index contributed by atoms with van der Waals surface area (Å²) in [6.07, 6.45) is 0.313. The second-order valence-corrected chi connectivity index (χ2v) is 5.58. The molecule has 1 aromatic rings. The first-order chi connectivity index (χ1) is 11.9. The van der Waals surface area contributed by atoms with Crippen LogP contribution in [-0.4, -0.2) is 37.6 Å². The van der Waals surface area contributed by atoms with Gasteiger partial charge in [-0.1, -0.05) is 18.2 Å². The van der Waals surface area contributed by atoms with E-state index < -0.39 is 6.61 Å². The van der Waals surface area contributed by atoms with Gasteiger partial charge in [-0.15, -0.1) is 24.0 Å². The van der Waals surface area contributed by atoms with Crippen molar-refractivity contribution in [3.05, 3.63) is 29.8 Å². The van der Waals surface area contributed by atoms with Crippen LogP contribution in [-0.2, 0) is 11.3 Å². The number of hydrogen-bond acceptors (Lipinski definition) is 3. The maximum absolute atomic E-state index is 12.4. The Balaban J connectivity index is 0.00000625. The van der Waals surface area contributed by atoms with Gasteiger partial charge in [0.1, 0.15) is 5.75 Å². The van der Waals surface area contributed by atoms with E-state index in [1.165, 1.54) is 6.07 Å². The van der Waals surface area contributed by atoms with E-state index in [4.69, 9.17) is 0 Å². The van der Waals surface area contributed by atoms with Crippen LogP contribution in [0.4, 0.5) is 8.78 Å². The molecule has 3 N–H and O–H groups in total. The molecule has 148 valence electrons. The first-order valence-corrected chi connectivity index (χ1v) is 8.26. The third kappa shape index (κ3) is 10.4. The van der Waals surface area contributed by atoms with Gasteiger partial charge in [-0.3, -0.25) is 4.79 Å². The van der Waals surface area contributed by atoms with E-state index in [9.17, 15) is 13.6 Å². The van der Waals surface area contributed by atoms with Crippen LogP contribution in [0.15, 0.2) is 29.3 Å². The fraction of sp³-hybridized carbons (Fsp3) is 0.529. The Labute approximate surface area is 170 Å². The maximum Gasteiger partial charge on any atom is 0.387 e. The number of amides is 1. The number of nitrogens with one attached hydrogen (secondary N) is 3. The van der Waals surface area contributed by atoms with Gasteiger partial charge in [0.15, 0.2) is 5.96 Å². The topological polar surface area (TPSA) is 74.8 Å². The van der Waals surface area contributed by atoms with Crippen LogP contribution in [0.3, 0.4) is 0 Å². The Morgan fingerprint density at radius 3 is 2.54 bits per heavy atom. The van der Waals surface area contributed by atoms with Gasteiger partial charge in [-0.2, -0.15) is 8.78 Å². The molecule has 0 spiro atoms. The number of carbonyl (C=O) groups is 1. The Morgan fingerprint density at radius 1 is 1.23 bits per heavy atom. The molecule has 26 heavy (non-hydrogen) atoms. The third-order valence-corrected chi connectivity index (χ3v) is 3.03. The minimum Gasteiger partial charge on any atom is -0.434 e. The highest BCUT2D eigenvalue weighted by Crippen LogP contribution is 2.20. The highest BCUT2D eigenvalue weighted by molar-refractivity contribution is 14.0. The molecule has 0 fully saturated rings. The van der Waals surface area contributed by atoms with Crippen molar-refractivity contribution in [1.82, 2.24) is 16.0 Å². The molecule has 0 saturated heterocycles. The number of guanidine groups is 1. The number of halogens is 3. The average Bonchev–Trinajstić information content (AvgIpc) is 2.52. The first kappa shape index (κ1) is 24.4. The molecule has 0 saturated carbocycles. The summed E-state index contributed by atoms with van der Waals surface area (Å²) in [5.41, 5.74) is 0.553. The van der Waals surface area contributed by atoms with Crippen molar-refractivity contribution < 1.29 is 18.3 Å². The lowest BCUT2D eigenvalue weighted by molar-refractivity contribution is -0.121. The number of aliphatic imine (C=N–C) groups is 1. The van der Waals surface area contributed by atoms with Crippen molar-refractivity contribution in [2.75, 3.05) is 13.1 Å². The van der Waals surface area contributed by atoms with E-state index in [-0.39, 0.29) is 48.2 Å². The van der Waals surface area contributed by atoms with Gasteiger partial charge in [0, 0.05) is 31.1 Å². The van der Waals surface area contributed by atoms with Crippen molar-refractivity contribution in [2.24, 2.45) is 4.99 Å². The molecule has 1 rings (SSSR count). The van der Waals surface area contributed by atoms with Crippen LogP contribution in [0.2, 0.25) is 0 Å². The van der Waals surface area contributed by atoms with E-state index >= 15 is 0 Å². The summed E-state index contributed by atoms with van der Waals surface area (Å²) in [7, 11) is 0. The Hall–Kier alpha value is -1.65. The minimum atomic E-state index is -2.88. The van der Waals surface area contributed by atoms with Gasteiger partial charge in [-0.05, 0) is 26.8 Å². The Bertz CT molecular complexity index is 571. The van der Waals surface area contributed by atoms with Gasteiger partial charge >= 0.3 is 6.61 Å². The molecule has 1 amide bonds. The number of ether oxygens (including phenoxy) is 1. The molecule has 6 nitrogen and oxygen atoms in total. The summed E-state index contributed by atoms with van der Waals surface area (Å²) >= 11 is 0.